The summed E-state index contributed by atoms with van der Waals surface area (Å²) in [6, 6.07) is 6.10. The molecule has 1 aromatic carbocycles. The molecule has 2 fully saturated rings. The molecule has 2 heterocycles. The summed E-state index contributed by atoms with van der Waals surface area (Å²) in [4.78, 5) is 31.0. The number of urea groups is 1. The molecule has 2 amide bonds. The number of ketones is 1. The van der Waals surface area contributed by atoms with Gasteiger partial charge in [-0.1, -0.05) is 17.7 Å². The van der Waals surface area contributed by atoms with Gasteiger partial charge in [0.25, 0.3) is 0 Å². The fourth-order valence-corrected chi connectivity index (χ4v) is 3.38. The zero-order valence-electron chi connectivity index (χ0n) is 15.2. The summed E-state index contributed by atoms with van der Waals surface area (Å²) < 4.78 is 5.30. The number of rotatable bonds is 3. The van der Waals surface area contributed by atoms with Crippen molar-refractivity contribution < 1.29 is 14.3 Å². The third kappa shape index (κ3) is 4.38. The standard InChI is InChI=1S/C19H27N3O3/c1-15-3-4-16(2)17(13-15)18(23)14-20-5-7-21(8-6-20)19(24)22-9-11-25-12-10-22/h3-4,13H,5-12,14H2,1-2H3. The van der Waals surface area contributed by atoms with Gasteiger partial charge in [-0.2, -0.15) is 0 Å². The molecule has 2 saturated heterocycles. The van der Waals surface area contributed by atoms with E-state index in [9.17, 15) is 9.59 Å². The van der Waals surface area contributed by atoms with E-state index in [-0.39, 0.29) is 11.8 Å². The average molecular weight is 345 g/mol. The lowest BCUT2D eigenvalue weighted by molar-refractivity contribution is 0.0376. The Labute approximate surface area is 149 Å². The molecule has 0 aromatic heterocycles. The van der Waals surface area contributed by atoms with Crippen molar-refractivity contribution in [1.82, 2.24) is 14.7 Å². The lowest BCUT2D eigenvalue weighted by atomic mass is 10.0. The van der Waals surface area contributed by atoms with Crippen LogP contribution in [0, 0.1) is 13.8 Å². The van der Waals surface area contributed by atoms with Gasteiger partial charge in [-0.3, -0.25) is 9.69 Å². The van der Waals surface area contributed by atoms with Crippen LogP contribution in [0.25, 0.3) is 0 Å². The molecule has 6 heteroatoms. The van der Waals surface area contributed by atoms with Gasteiger partial charge < -0.3 is 14.5 Å². The van der Waals surface area contributed by atoms with Gasteiger partial charge in [0.2, 0.25) is 0 Å². The first-order valence-corrected chi connectivity index (χ1v) is 8.99. The number of hydrogen-bond donors (Lipinski definition) is 0. The molecule has 6 nitrogen and oxygen atoms in total. The first kappa shape index (κ1) is 17.9. The van der Waals surface area contributed by atoms with E-state index in [0.29, 0.717) is 45.9 Å². The largest absolute Gasteiger partial charge is 0.378 e. The number of aryl methyl sites for hydroxylation is 2. The van der Waals surface area contributed by atoms with Gasteiger partial charge in [-0.15, -0.1) is 0 Å². The van der Waals surface area contributed by atoms with E-state index < -0.39 is 0 Å². The molecule has 0 atom stereocenters. The summed E-state index contributed by atoms with van der Waals surface area (Å²) in [6.45, 7) is 9.83. The molecule has 0 spiro atoms. The van der Waals surface area contributed by atoms with Crippen molar-refractivity contribution in [2.75, 3.05) is 59.0 Å². The number of Topliss-reactive ketones (excluding diaryl/α,β-unsaturated/α-hetero) is 1. The number of amides is 2. The van der Waals surface area contributed by atoms with Crippen LogP contribution in [-0.2, 0) is 4.74 Å². The van der Waals surface area contributed by atoms with Crippen molar-refractivity contribution in [2.24, 2.45) is 0 Å². The third-order valence-corrected chi connectivity index (χ3v) is 4.99. The summed E-state index contributed by atoms with van der Waals surface area (Å²) in [5.41, 5.74) is 2.94. The SMILES string of the molecule is Cc1ccc(C)c(C(=O)CN2CCN(C(=O)N3CCOCC3)CC2)c1. The third-order valence-electron chi connectivity index (χ3n) is 4.99. The summed E-state index contributed by atoms with van der Waals surface area (Å²) in [5, 5.41) is 0. The molecule has 1 aromatic rings. The zero-order chi connectivity index (χ0) is 17.8. The molecule has 0 N–H and O–H groups in total. The van der Waals surface area contributed by atoms with Crippen molar-refractivity contribution in [3.8, 4) is 0 Å². The maximum absolute atomic E-state index is 12.6. The van der Waals surface area contributed by atoms with Crippen LogP contribution in [0.1, 0.15) is 21.5 Å². The maximum atomic E-state index is 12.6. The highest BCUT2D eigenvalue weighted by Gasteiger charge is 2.27. The zero-order valence-corrected chi connectivity index (χ0v) is 15.2. The minimum atomic E-state index is 0.101. The minimum Gasteiger partial charge on any atom is -0.378 e. The first-order chi connectivity index (χ1) is 12.0. The van der Waals surface area contributed by atoms with Gasteiger partial charge >= 0.3 is 6.03 Å². The summed E-state index contributed by atoms with van der Waals surface area (Å²) in [5.74, 6) is 0.161. The Morgan fingerprint density at radius 2 is 1.60 bits per heavy atom. The Hall–Kier alpha value is -1.92. The topological polar surface area (TPSA) is 53.1 Å². The van der Waals surface area contributed by atoms with Gasteiger partial charge in [0.15, 0.2) is 5.78 Å². The Kier molecular flexibility index (Phi) is 5.71. The summed E-state index contributed by atoms with van der Waals surface area (Å²) in [6.07, 6.45) is 0. The normalized spacial score (nSPS) is 19.1. The highest BCUT2D eigenvalue weighted by Crippen LogP contribution is 2.13. The summed E-state index contributed by atoms with van der Waals surface area (Å²) in [7, 11) is 0. The van der Waals surface area contributed by atoms with Crippen LogP contribution in [0.3, 0.4) is 0 Å². The fraction of sp³-hybridized carbons (Fsp3) is 0.579. The average Bonchev–Trinajstić information content (AvgIpc) is 2.64. The second kappa shape index (κ2) is 7.97. The van der Waals surface area contributed by atoms with Crippen LogP contribution in [-0.4, -0.2) is 85.5 Å². The molecule has 2 aliphatic heterocycles. The number of nitrogens with zero attached hydrogens (tertiary/aromatic N) is 3. The molecule has 0 saturated carbocycles. The Morgan fingerprint density at radius 3 is 2.28 bits per heavy atom. The number of morpholine rings is 1. The molecular formula is C19H27N3O3. The fourth-order valence-electron chi connectivity index (χ4n) is 3.38. The van der Waals surface area contributed by atoms with Gasteiger partial charge in [0.1, 0.15) is 0 Å². The van der Waals surface area contributed by atoms with E-state index in [1.807, 2.05) is 41.8 Å². The number of hydrogen-bond acceptors (Lipinski definition) is 4. The Morgan fingerprint density at radius 1 is 0.960 bits per heavy atom. The molecule has 0 bridgehead atoms. The van der Waals surface area contributed by atoms with Crippen LogP contribution in [0.2, 0.25) is 0 Å². The number of ether oxygens (including phenoxy) is 1. The molecule has 2 aliphatic rings. The predicted octanol–water partition coefficient (Wildman–Crippen LogP) is 1.56. The van der Waals surface area contributed by atoms with Gasteiger partial charge in [-0.05, 0) is 25.5 Å². The van der Waals surface area contributed by atoms with Crippen molar-refractivity contribution in [3.05, 3.63) is 34.9 Å². The molecule has 0 aliphatic carbocycles. The van der Waals surface area contributed by atoms with Crippen LogP contribution < -0.4 is 0 Å². The number of carbonyl (C=O) groups is 2. The van der Waals surface area contributed by atoms with Crippen LogP contribution in [0.15, 0.2) is 18.2 Å². The smallest absolute Gasteiger partial charge is 0.320 e. The van der Waals surface area contributed by atoms with Crippen LogP contribution in [0.5, 0.6) is 0 Å². The van der Waals surface area contributed by atoms with E-state index in [4.69, 9.17) is 4.74 Å². The van der Waals surface area contributed by atoms with Gasteiger partial charge in [-0.25, -0.2) is 4.79 Å². The van der Waals surface area contributed by atoms with Crippen molar-refractivity contribution in [3.63, 3.8) is 0 Å². The van der Waals surface area contributed by atoms with E-state index in [2.05, 4.69) is 4.90 Å². The second-order valence-corrected chi connectivity index (χ2v) is 6.89. The van der Waals surface area contributed by atoms with Gasteiger partial charge in [0, 0.05) is 44.8 Å². The lowest BCUT2D eigenvalue weighted by Gasteiger charge is -2.38. The molecule has 25 heavy (non-hydrogen) atoms. The van der Waals surface area contributed by atoms with Crippen molar-refractivity contribution in [1.29, 1.82) is 0 Å². The second-order valence-electron chi connectivity index (χ2n) is 6.89. The lowest BCUT2D eigenvalue weighted by Crippen LogP contribution is -2.55. The molecule has 0 unspecified atom stereocenters. The number of benzene rings is 1. The van der Waals surface area contributed by atoms with E-state index in [0.717, 1.165) is 29.8 Å². The highest BCUT2D eigenvalue weighted by molar-refractivity contribution is 5.99. The molecule has 0 radical (unpaired) electrons. The monoisotopic (exact) mass is 345 g/mol. The quantitative estimate of drug-likeness (QED) is 0.780. The molecule has 3 rings (SSSR count). The molecular weight excluding hydrogens is 318 g/mol. The number of carbonyl (C=O) groups excluding carboxylic acids is 2. The Balaban J connectivity index is 1.51. The van der Waals surface area contributed by atoms with Crippen molar-refractivity contribution >= 4 is 11.8 Å². The minimum absolute atomic E-state index is 0.101. The summed E-state index contributed by atoms with van der Waals surface area (Å²) >= 11 is 0. The highest BCUT2D eigenvalue weighted by atomic mass is 16.5. The molecule has 136 valence electrons. The predicted molar refractivity (Wildman–Crippen MR) is 96.0 cm³/mol. The first-order valence-electron chi connectivity index (χ1n) is 8.99. The number of piperazine rings is 1. The van der Waals surface area contributed by atoms with E-state index >= 15 is 0 Å². The van der Waals surface area contributed by atoms with E-state index in [1.165, 1.54) is 0 Å². The maximum Gasteiger partial charge on any atom is 0.320 e. The van der Waals surface area contributed by atoms with Gasteiger partial charge in [0.05, 0.1) is 19.8 Å². The van der Waals surface area contributed by atoms with Crippen LogP contribution >= 0.6 is 0 Å². The van der Waals surface area contributed by atoms with Crippen LogP contribution in [0.4, 0.5) is 4.79 Å². The van der Waals surface area contributed by atoms with Crippen molar-refractivity contribution in [2.45, 2.75) is 13.8 Å². The van der Waals surface area contributed by atoms with E-state index in [1.54, 1.807) is 0 Å². The Bertz CT molecular complexity index is 633.